The number of aromatic nitrogens is 1. The first-order valence-electron chi connectivity index (χ1n) is 12.7. The molecule has 2 aliphatic heterocycles. The second-order valence-corrected chi connectivity index (χ2v) is 10.5. The second-order valence-electron chi connectivity index (χ2n) is 10.5. The Bertz CT molecular complexity index is 1670. The molecule has 0 saturated carbocycles. The molecule has 1 saturated heterocycles. The van der Waals surface area contributed by atoms with Gasteiger partial charge in [0.25, 0.3) is 5.56 Å². The molecule has 3 aromatic heterocycles. The number of carbonyl (C=O) groups excluding carboxylic acids is 1. The maximum Gasteiger partial charge on any atom is 0.339 e. The van der Waals surface area contributed by atoms with Gasteiger partial charge in [-0.05, 0) is 69.7 Å². The average molecular weight is 487 g/mol. The molecule has 1 aromatic carbocycles. The molecule has 5 heterocycles. The molecule has 0 unspecified atom stereocenters. The fourth-order valence-electron chi connectivity index (χ4n) is 6.27. The first-order valence-corrected chi connectivity index (χ1v) is 12.7. The normalized spacial score (nSPS) is 19.2. The van der Waals surface area contributed by atoms with E-state index in [0.29, 0.717) is 37.2 Å². The summed E-state index contributed by atoms with van der Waals surface area (Å²) in [7, 11) is 0. The van der Waals surface area contributed by atoms with Gasteiger partial charge in [-0.1, -0.05) is 6.07 Å². The third-order valence-corrected chi connectivity index (χ3v) is 8.37. The summed E-state index contributed by atoms with van der Waals surface area (Å²) in [6.45, 7) is 9.74. The van der Waals surface area contributed by atoms with E-state index >= 15 is 0 Å². The fourth-order valence-corrected chi connectivity index (χ4v) is 6.27. The van der Waals surface area contributed by atoms with Crippen LogP contribution in [0.4, 0.5) is 0 Å². The van der Waals surface area contributed by atoms with Gasteiger partial charge in [0, 0.05) is 65.6 Å². The summed E-state index contributed by atoms with van der Waals surface area (Å²) in [5.41, 5.74) is 5.29. The van der Waals surface area contributed by atoms with Gasteiger partial charge in [-0.15, -0.1) is 0 Å². The number of likely N-dealkylation sites (tertiary alicyclic amines) is 1. The van der Waals surface area contributed by atoms with Crippen molar-refractivity contribution in [2.24, 2.45) is 5.92 Å². The van der Waals surface area contributed by atoms with Crippen LogP contribution in [0.2, 0.25) is 0 Å². The first kappa shape index (κ1) is 22.8. The van der Waals surface area contributed by atoms with E-state index in [2.05, 4.69) is 0 Å². The Morgan fingerprint density at radius 2 is 1.69 bits per heavy atom. The first-order chi connectivity index (χ1) is 17.2. The Morgan fingerprint density at radius 3 is 2.50 bits per heavy atom. The Balaban J connectivity index is 1.27. The Morgan fingerprint density at radius 1 is 0.944 bits per heavy atom. The lowest BCUT2D eigenvalue weighted by molar-refractivity contribution is -0.133. The van der Waals surface area contributed by atoms with Crippen LogP contribution in [0.5, 0.6) is 0 Å². The van der Waals surface area contributed by atoms with Gasteiger partial charge in [0.2, 0.25) is 5.91 Å². The molecule has 2 bridgehead atoms. The minimum absolute atomic E-state index is 0.0359. The molecule has 0 N–H and O–H groups in total. The van der Waals surface area contributed by atoms with Gasteiger partial charge in [-0.2, -0.15) is 0 Å². The van der Waals surface area contributed by atoms with Crippen molar-refractivity contribution in [2.75, 3.05) is 13.1 Å². The van der Waals surface area contributed by atoms with Crippen molar-refractivity contribution in [3.63, 3.8) is 0 Å². The summed E-state index contributed by atoms with van der Waals surface area (Å²) in [4.78, 5) is 40.4. The van der Waals surface area contributed by atoms with E-state index in [9.17, 15) is 14.4 Å². The number of rotatable bonds is 3. The van der Waals surface area contributed by atoms with Crippen LogP contribution in [0, 0.1) is 33.6 Å². The summed E-state index contributed by atoms with van der Waals surface area (Å²) >= 11 is 0. The van der Waals surface area contributed by atoms with E-state index in [1.165, 1.54) is 0 Å². The number of benzene rings is 1. The molecule has 6 rings (SSSR count). The molecule has 0 radical (unpaired) electrons. The number of nitrogens with zero attached hydrogens (tertiary/aromatic N) is 2. The molecule has 2 atom stereocenters. The van der Waals surface area contributed by atoms with Crippen LogP contribution in [0.1, 0.15) is 52.5 Å². The average Bonchev–Trinajstić information content (AvgIpc) is 3.14. The molecule has 0 spiro atoms. The number of amides is 1. The van der Waals surface area contributed by atoms with E-state index in [4.69, 9.17) is 8.83 Å². The van der Waals surface area contributed by atoms with Crippen molar-refractivity contribution < 1.29 is 13.6 Å². The zero-order valence-electron chi connectivity index (χ0n) is 21.1. The Labute approximate surface area is 208 Å². The highest BCUT2D eigenvalue weighted by Crippen LogP contribution is 2.36. The fraction of sp³-hybridized carbons (Fsp3) is 0.414. The maximum atomic E-state index is 13.3. The molecule has 7 nitrogen and oxygen atoms in total. The van der Waals surface area contributed by atoms with Crippen LogP contribution >= 0.6 is 0 Å². The Kier molecular flexibility index (Phi) is 5.21. The molecule has 0 aliphatic carbocycles. The number of furan rings is 1. The molecule has 36 heavy (non-hydrogen) atoms. The number of hydrogen-bond donors (Lipinski definition) is 0. The monoisotopic (exact) mass is 486 g/mol. The van der Waals surface area contributed by atoms with E-state index < -0.39 is 0 Å². The van der Waals surface area contributed by atoms with E-state index in [1.807, 2.05) is 49.3 Å². The molecule has 4 aromatic rings. The van der Waals surface area contributed by atoms with Gasteiger partial charge >= 0.3 is 5.63 Å². The second kappa shape index (κ2) is 8.22. The summed E-state index contributed by atoms with van der Waals surface area (Å²) in [6.07, 6.45) is 1.59. The predicted molar refractivity (Wildman–Crippen MR) is 138 cm³/mol. The minimum atomic E-state index is -0.390. The van der Waals surface area contributed by atoms with Crippen LogP contribution < -0.4 is 11.2 Å². The van der Waals surface area contributed by atoms with E-state index in [1.54, 1.807) is 12.1 Å². The van der Waals surface area contributed by atoms with Crippen molar-refractivity contribution in [3.8, 4) is 0 Å². The van der Waals surface area contributed by atoms with E-state index in [0.717, 1.165) is 50.9 Å². The Hall–Kier alpha value is -3.61. The molecule has 1 amide bonds. The molecule has 1 fully saturated rings. The number of carbonyl (C=O) groups is 1. The van der Waals surface area contributed by atoms with Crippen LogP contribution in [0.25, 0.3) is 21.9 Å². The summed E-state index contributed by atoms with van der Waals surface area (Å²) < 4.78 is 13.6. The zero-order chi connectivity index (χ0) is 25.3. The summed E-state index contributed by atoms with van der Waals surface area (Å²) in [5, 5.41) is 1.91. The minimum Gasteiger partial charge on any atom is -0.461 e. The largest absolute Gasteiger partial charge is 0.461 e. The van der Waals surface area contributed by atoms with Crippen molar-refractivity contribution in [3.05, 3.63) is 78.7 Å². The van der Waals surface area contributed by atoms with Crippen molar-refractivity contribution in [1.29, 1.82) is 0 Å². The molecule has 186 valence electrons. The lowest BCUT2D eigenvalue weighted by Gasteiger charge is -2.42. The zero-order valence-corrected chi connectivity index (χ0v) is 21.1. The number of pyridine rings is 1. The molecule has 2 aliphatic rings. The smallest absolute Gasteiger partial charge is 0.339 e. The highest BCUT2D eigenvalue weighted by molar-refractivity contribution is 6.00. The third kappa shape index (κ3) is 3.44. The van der Waals surface area contributed by atoms with Gasteiger partial charge in [0.1, 0.15) is 16.9 Å². The third-order valence-electron chi connectivity index (χ3n) is 8.37. The number of fused-ring (bicyclic) bond motifs is 6. The summed E-state index contributed by atoms with van der Waals surface area (Å²) in [5.74, 6) is 1.35. The van der Waals surface area contributed by atoms with Crippen LogP contribution in [-0.2, 0) is 17.8 Å². The van der Waals surface area contributed by atoms with Gasteiger partial charge in [-0.3, -0.25) is 9.59 Å². The van der Waals surface area contributed by atoms with Crippen LogP contribution in [-0.4, -0.2) is 28.5 Å². The van der Waals surface area contributed by atoms with Crippen LogP contribution in [0.3, 0.4) is 0 Å². The van der Waals surface area contributed by atoms with Gasteiger partial charge in [0.05, 0.1) is 0 Å². The highest BCUT2D eigenvalue weighted by Gasteiger charge is 2.36. The van der Waals surface area contributed by atoms with Crippen molar-refractivity contribution >= 4 is 27.8 Å². The SMILES string of the molecule is Cc1oc2c(C)c3oc(=O)c(CCC(=O)N4C[C@@H]5C[C@H](C4)c4cccc(=O)n4C5)c(C)c3cc2c1C. The summed E-state index contributed by atoms with van der Waals surface area (Å²) in [6, 6.07) is 7.45. The standard InChI is InChI=1S/C29H30N2O5/c1-15-18(4)35-27-17(3)28-23(11-22(15)27)16(2)21(29(34)36-28)8-9-25(32)30-12-19-10-20(14-30)24-6-5-7-26(33)31(24)13-19/h5-7,11,19-20H,8-10,12-14H2,1-4H3/t19-,20+/m0/s1. The topological polar surface area (TPSA) is 85.7 Å². The number of aryl methyl sites for hydroxylation is 4. The molecular weight excluding hydrogens is 456 g/mol. The molecular formula is C29H30N2O5. The number of hydrogen-bond acceptors (Lipinski definition) is 5. The van der Waals surface area contributed by atoms with Crippen molar-refractivity contribution in [1.82, 2.24) is 9.47 Å². The van der Waals surface area contributed by atoms with Gasteiger partial charge in [-0.25, -0.2) is 4.79 Å². The van der Waals surface area contributed by atoms with Gasteiger partial charge in [0.15, 0.2) is 0 Å². The predicted octanol–water partition coefficient (Wildman–Crippen LogP) is 4.51. The van der Waals surface area contributed by atoms with Crippen LogP contribution in [0.15, 0.2) is 42.7 Å². The number of piperidine rings is 1. The van der Waals surface area contributed by atoms with Gasteiger partial charge < -0.3 is 18.3 Å². The van der Waals surface area contributed by atoms with Crippen molar-refractivity contribution in [2.45, 2.75) is 59.4 Å². The maximum absolute atomic E-state index is 13.3. The quantitative estimate of drug-likeness (QED) is 0.398. The molecule has 7 heteroatoms. The lowest BCUT2D eigenvalue weighted by Crippen LogP contribution is -2.49. The van der Waals surface area contributed by atoms with E-state index in [-0.39, 0.29) is 35.3 Å². The highest BCUT2D eigenvalue weighted by atomic mass is 16.4. The lowest BCUT2D eigenvalue weighted by atomic mass is 9.83.